The summed E-state index contributed by atoms with van der Waals surface area (Å²) in [5.74, 6) is 0.229. The van der Waals surface area contributed by atoms with Crippen LogP contribution in [0.25, 0.3) is 6.08 Å². The lowest BCUT2D eigenvalue weighted by Crippen LogP contribution is -2.48. The van der Waals surface area contributed by atoms with Crippen molar-refractivity contribution in [2.45, 2.75) is 32.6 Å². The molecule has 0 radical (unpaired) electrons. The fraction of sp³-hybridized carbons (Fsp3) is 0.407. The first-order valence-electron chi connectivity index (χ1n) is 12.0. The van der Waals surface area contributed by atoms with Gasteiger partial charge in [-0.15, -0.1) is 0 Å². The van der Waals surface area contributed by atoms with Gasteiger partial charge in [-0.2, -0.15) is 0 Å². The van der Waals surface area contributed by atoms with Crippen LogP contribution in [0.2, 0.25) is 0 Å². The molecule has 1 unspecified atom stereocenters. The summed E-state index contributed by atoms with van der Waals surface area (Å²) in [6.07, 6.45) is 6.32. The van der Waals surface area contributed by atoms with Gasteiger partial charge in [0.1, 0.15) is 5.82 Å². The molecule has 178 valence electrons. The lowest BCUT2D eigenvalue weighted by Gasteiger charge is -2.37. The molecule has 7 heteroatoms. The van der Waals surface area contributed by atoms with E-state index in [1.54, 1.807) is 12.1 Å². The Balaban J connectivity index is 1.26. The van der Waals surface area contributed by atoms with Gasteiger partial charge in [-0.3, -0.25) is 14.4 Å². The Morgan fingerprint density at radius 2 is 1.68 bits per heavy atom. The molecule has 4 rings (SSSR count). The van der Waals surface area contributed by atoms with Crippen LogP contribution in [0.4, 0.5) is 5.82 Å². The number of amides is 3. The first-order chi connectivity index (χ1) is 16.5. The van der Waals surface area contributed by atoms with Gasteiger partial charge in [-0.1, -0.05) is 36.4 Å². The summed E-state index contributed by atoms with van der Waals surface area (Å²) in [4.78, 5) is 46.5. The van der Waals surface area contributed by atoms with Crippen LogP contribution in [0, 0.1) is 18.8 Å². The molecule has 0 saturated carbocycles. The Kier molecular flexibility index (Phi) is 7.72. The molecular weight excluding hydrogens is 428 g/mol. The maximum atomic E-state index is 13.2. The number of aromatic nitrogens is 1. The average molecular weight is 461 g/mol. The van der Waals surface area contributed by atoms with Crippen molar-refractivity contribution in [3.8, 4) is 0 Å². The minimum Gasteiger partial charge on any atom is -0.342 e. The number of anilines is 1. The molecule has 0 bridgehead atoms. The van der Waals surface area contributed by atoms with Gasteiger partial charge in [-0.25, -0.2) is 4.98 Å². The second kappa shape index (κ2) is 11.1. The van der Waals surface area contributed by atoms with Gasteiger partial charge in [0.15, 0.2) is 0 Å². The summed E-state index contributed by atoms with van der Waals surface area (Å²) >= 11 is 0. The van der Waals surface area contributed by atoms with Crippen LogP contribution >= 0.6 is 0 Å². The molecule has 2 aliphatic heterocycles. The summed E-state index contributed by atoms with van der Waals surface area (Å²) < 4.78 is 0. The second-order valence-corrected chi connectivity index (χ2v) is 9.12. The van der Waals surface area contributed by atoms with Crippen LogP contribution in [-0.2, 0) is 14.4 Å². The van der Waals surface area contributed by atoms with Crippen molar-refractivity contribution < 1.29 is 14.4 Å². The number of nitrogens with zero attached hydrogens (tertiary/aromatic N) is 3. The van der Waals surface area contributed by atoms with E-state index in [0.29, 0.717) is 44.8 Å². The summed E-state index contributed by atoms with van der Waals surface area (Å²) in [6.45, 7) is 4.16. The van der Waals surface area contributed by atoms with Gasteiger partial charge >= 0.3 is 0 Å². The number of nitrogens with one attached hydrogen (secondary N) is 1. The third kappa shape index (κ3) is 6.10. The molecule has 1 aromatic heterocycles. The zero-order valence-electron chi connectivity index (χ0n) is 19.7. The topological polar surface area (TPSA) is 82.6 Å². The SMILES string of the molecule is Cc1cccc(NC(=O)C2CCCN(C(=O)C3CCN(C(=O)/C=C/c4ccccc4)CC3)C2)n1. The Morgan fingerprint density at radius 1 is 0.912 bits per heavy atom. The number of aryl methyl sites for hydroxylation is 1. The van der Waals surface area contributed by atoms with E-state index in [-0.39, 0.29) is 29.6 Å². The monoisotopic (exact) mass is 460 g/mol. The third-order valence-electron chi connectivity index (χ3n) is 6.62. The van der Waals surface area contributed by atoms with E-state index >= 15 is 0 Å². The van der Waals surface area contributed by atoms with Gasteiger partial charge < -0.3 is 15.1 Å². The molecule has 2 saturated heterocycles. The van der Waals surface area contributed by atoms with Crippen LogP contribution in [0.15, 0.2) is 54.6 Å². The molecule has 7 nitrogen and oxygen atoms in total. The maximum Gasteiger partial charge on any atom is 0.246 e. The molecule has 2 fully saturated rings. The lowest BCUT2D eigenvalue weighted by atomic mass is 9.92. The van der Waals surface area contributed by atoms with Crippen molar-refractivity contribution in [1.29, 1.82) is 0 Å². The quantitative estimate of drug-likeness (QED) is 0.692. The molecule has 0 spiro atoms. The van der Waals surface area contributed by atoms with E-state index in [1.807, 2.05) is 65.3 Å². The van der Waals surface area contributed by atoms with Crippen molar-refractivity contribution in [1.82, 2.24) is 14.8 Å². The highest BCUT2D eigenvalue weighted by Gasteiger charge is 2.34. The van der Waals surface area contributed by atoms with Gasteiger partial charge in [-0.05, 0) is 56.4 Å². The van der Waals surface area contributed by atoms with Crippen molar-refractivity contribution in [3.63, 3.8) is 0 Å². The first kappa shape index (κ1) is 23.7. The van der Waals surface area contributed by atoms with Crippen molar-refractivity contribution >= 4 is 29.6 Å². The Bertz CT molecular complexity index is 1040. The highest BCUT2D eigenvalue weighted by atomic mass is 16.2. The zero-order chi connectivity index (χ0) is 23.9. The summed E-state index contributed by atoms with van der Waals surface area (Å²) in [5, 5.41) is 2.89. The molecule has 1 aromatic carbocycles. The zero-order valence-corrected chi connectivity index (χ0v) is 19.7. The molecule has 2 aliphatic rings. The number of likely N-dealkylation sites (tertiary alicyclic amines) is 2. The van der Waals surface area contributed by atoms with Gasteiger partial charge in [0.25, 0.3) is 0 Å². The summed E-state index contributed by atoms with van der Waals surface area (Å²) in [7, 11) is 0. The summed E-state index contributed by atoms with van der Waals surface area (Å²) in [6, 6.07) is 15.3. The minimum absolute atomic E-state index is 0.0192. The fourth-order valence-corrected chi connectivity index (χ4v) is 4.67. The first-order valence-corrected chi connectivity index (χ1v) is 12.0. The standard InChI is InChI=1S/C27H32N4O3/c1-20-7-5-11-24(28-20)29-26(33)23-10-6-16-31(19-23)27(34)22-14-17-30(18-15-22)25(32)13-12-21-8-3-2-4-9-21/h2-5,7-9,11-13,22-23H,6,10,14-19H2,1H3,(H,28,29,33)/b13-12+. The molecule has 34 heavy (non-hydrogen) atoms. The van der Waals surface area contributed by atoms with Crippen LogP contribution in [-0.4, -0.2) is 58.7 Å². The van der Waals surface area contributed by atoms with Crippen molar-refractivity contribution in [2.24, 2.45) is 11.8 Å². The van der Waals surface area contributed by atoms with Gasteiger partial charge in [0.05, 0.1) is 5.92 Å². The minimum atomic E-state index is -0.232. The second-order valence-electron chi connectivity index (χ2n) is 9.12. The number of benzene rings is 1. The largest absolute Gasteiger partial charge is 0.342 e. The van der Waals surface area contributed by atoms with E-state index in [0.717, 1.165) is 24.1 Å². The molecule has 1 N–H and O–H groups in total. The predicted molar refractivity (Wildman–Crippen MR) is 132 cm³/mol. The van der Waals surface area contributed by atoms with Crippen molar-refractivity contribution in [3.05, 3.63) is 65.9 Å². The smallest absolute Gasteiger partial charge is 0.246 e. The fourth-order valence-electron chi connectivity index (χ4n) is 4.67. The number of hydrogen-bond donors (Lipinski definition) is 1. The predicted octanol–water partition coefficient (Wildman–Crippen LogP) is 3.52. The molecule has 3 heterocycles. The Labute approximate surface area is 200 Å². The van der Waals surface area contributed by atoms with E-state index in [4.69, 9.17) is 0 Å². The number of hydrogen-bond acceptors (Lipinski definition) is 4. The van der Waals surface area contributed by atoms with Crippen LogP contribution in [0.1, 0.15) is 36.9 Å². The molecular formula is C27H32N4O3. The maximum absolute atomic E-state index is 13.2. The highest BCUT2D eigenvalue weighted by molar-refractivity contribution is 5.93. The molecule has 1 atom stereocenters. The number of carbonyl (C=O) groups excluding carboxylic acids is 3. The molecule has 3 amide bonds. The normalized spacial score (nSPS) is 19.3. The Morgan fingerprint density at radius 3 is 2.41 bits per heavy atom. The van der Waals surface area contributed by atoms with E-state index < -0.39 is 0 Å². The van der Waals surface area contributed by atoms with Gasteiger partial charge in [0, 0.05) is 43.9 Å². The van der Waals surface area contributed by atoms with Crippen molar-refractivity contribution in [2.75, 3.05) is 31.5 Å². The summed E-state index contributed by atoms with van der Waals surface area (Å²) in [5.41, 5.74) is 1.83. The van der Waals surface area contributed by atoms with E-state index in [9.17, 15) is 14.4 Å². The molecule has 0 aliphatic carbocycles. The number of rotatable bonds is 5. The van der Waals surface area contributed by atoms with Crippen LogP contribution in [0.3, 0.4) is 0 Å². The number of pyridine rings is 1. The number of carbonyl (C=O) groups is 3. The Hall–Kier alpha value is -3.48. The average Bonchev–Trinajstić information content (AvgIpc) is 2.87. The van der Waals surface area contributed by atoms with E-state index in [1.165, 1.54) is 0 Å². The third-order valence-corrected chi connectivity index (χ3v) is 6.62. The lowest BCUT2D eigenvalue weighted by molar-refractivity contribution is -0.141. The van der Waals surface area contributed by atoms with Crippen LogP contribution < -0.4 is 5.32 Å². The van der Waals surface area contributed by atoms with Crippen LogP contribution in [0.5, 0.6) is 0 Å². The van der Waals surface area contributed by atoms with E-state index in [2.05, 4.69) is 10.3 Å². The number of piperidine rings is 2. The molecule has 2 aromatic rings. The van der Waals surface area contributed by atoms with Gasteiger partial charge in [0.2, 0.25) is 17.7 Å². The highest BCUT2D eigenvalue weighted by Crippen LogP contribution is 2.25.